The highest BCUT2D eigenvalue weighted by Crippen LogP contribution is 2.18. The van der Waals surface area contributed by atoms with Gasteiger partial charge in [0, 0.05) is 27.2 Å². The fourth-order valence-corrected chi connectivity index (χ4v) is 2.28. The third-order valence-electron chi connectivity index (χ3n) is 3.58. The summed E-state index contributed by atoms with van der Waals surface area (Å²) in [6, 6.07) is 10.9. The molecule has 2 N–H and O–H groups in total. The number of nitrogens with one attached hydrogen (secondary N) is 2. The highest BCUT2D eigenvalue weighted by molar-refractivity contribution is 5.73. The second kappa shape index (κ2) is 8.29. The van der Waals surface area contributed by atoms with Gasteiger partial charge in [0.15, 0.2) is 0 Å². The molecule has 0 aliphatic heterocycles. The van der Waals surface area contributed by atoms with Crippen molar-refractivity contribution in [1.82, 2.24) is 10.6 Å². The smallest absolute Gasteiger partial charge is 0.315 e. The van der Waals surface area contributed by atoms with Crippen LogP contribution in [-0.2, 0) is 13.0 Å². The number of rotatable bonds is 6. The Morgan fingerprint density at radius 3 is 2.46 bits per heavy atom. The summed E-state index contributed by atoms with van der Waals surface area (Å²) in [6.07, 6.45) is 0.409. The summed E-state index contributed by atoms with van der Waals surface area (Å²) >= 11 is 0. The maximum atomic E-state index is 13.8. The van der Waals surface area contributed by atoms with E-state index in [2.05, 4.69) is 10.6 Å². The molecular weight excluding hydrogens is 312 g/mol. The zero-order valence-corrected chi connectivity index (χ0v) is 13.8. The molecule has 0 aliphatic carbocycles. The quantitative estimate of drug-likeness (QED) is 0.853. The van der Waals surface area contributed by atoms with Crippen molar-refractivity contribution < 1.29 is 13.6 Å². The fourth-order valence-electron chi connectivity index (χ4n) is 2.28. The van der Waals surface area contributed by atoms with Crippen LogP contribution < -0.4 is 15.5 Å². The van der Waals surface area contributed by atoms with Crippen LogP contribution in [0.2, 0.25) is 0 Å². The highest BCUT2D eigenvalue weighted by Gasteiger charge is 2.07. The van der Waals surface area contributed by atoms with Crippen molar-refractivity contribution in [3.8, 4) is 0 Å². The van der Waals surface area contributed by atoms with E-state index < -0.39 is 0 Å². The van der Waals surface area contributed by atoms with Crippen molar-refractivity contribution in [2.75, 3.05) is 25.5 Å². The molecule has 0 unspecified atom stereocenters. The molecule has 0 aromatic heterocycles. The van der Waals surface area contributed by atoms with Crippen molar-refractivity contribution in [3.63, 3.8) is 0 Å². The number of carbonyl (C=O) groups excluding carboxylic acids is 1. The third kappa shape index (κ3) is 4.94. The van der Waals surface area contributed by atoms with Gasteiger partial charge in [0.1, 0.15) is 11.6 Å². The summed E-state index contributed by atoms with van der Waals surface area (Å²) < 4.78 is 27.3. The summed E-state index contributed by atoms with van der Waals surface area (Å²) in [5.74, 6) is -0.615. The van der Waals surface area contributed by atoms with Gasteiger partial charge in [-0.25, -0.2) is 13.6 Å². The van der Waals surface area contributed by atoms with E-state index in [1.165, 1.54) is 12.1 Å². The molecule has 0 radical (unpaired) electrons. The molecule has 0 heterocycles. The second-order valence-corrected chi connectivity index (χ2v) is 5.63. The van der Waals surface area contributed by atoms with Gasteiger partial charge in [-0.3, -0.25) is 0 Å². The number of hydrogen-bond acceptors (Lipinski definition) is 2. The van der Waals surface area contributed by atoms with Crippen molar-refractivity contribution in [2.45, 2.75) is 13.0 Å². The van der Waals surface area contributed by atoms with E-state index in [0.717, 1.165) is 0 Å². The van der Waals surface area contributed by atoms with Crippen LogP contribution in [0.4, 0.5) is 19.3 Å². The molecule has 0 saturated carbocycles. The van der Waals surface area contributed by atoms with Gasteiger partial charge in [-0.05, 0) is 35.7 Å². The third-order valence-corrected chi connectivity index (χ3v) is 3.58. The number of benzene rings is 2. The first-order chi connectivity index (χ1) is 11.5. The summed E-state index contributed by atoms with van der Waals surface area (Å²) in [5, 5.41) is 5.31. The molecule has 0 atom stereocenters. The van der Waals surface area contributed by atoms with Crippen LogP contribution >= 0.6 is 0 Å². The Hall–Kier alpha value is -2.63. The minimum Gasteiger partial charge on any atom is -0.375 e. The molecule has 128 valence electrons. The maximum Gasteiger partial charge on any atom is 0.315 e. The SMILES string of the molecule is CN(C)c1ccc(CNC(=O)NCCc2ccccc2F)cc1F. The summed E-state index contributed by atoms with van der Waals surface area (Å²) in [4.78, 5) is 13.4. The zero-order chi connectivity index (χ0) is 17.5. The standard InChI is InChI=1S/C18H21F2N3O/c1-23(2)17-8-7-13(11-16(17)20)12-22-18(24)21-10-9-14-5-3-4-6-15(14)19/h3-8,11H,9-10,12H2,1-2H3,(H2,21,22,24). The average Bonchev–Trinajstić information content (AvgIpc) is 2.54. The van der Waals surface area contributed by atoms with Crippen LogP contribution in [0.15, 0.2) is 42.5 Å². The van der Waals surface area contributed by atoms with E-state index >= 15 is 0 Å². The molecule has 2 rings (SSSR count). The van der Waals surface area contributed by atoms with Crippen LogP contribution in [0.5, 0.6) is 0 Å². The predicted octanol–water partition coefficient (Wildman–Crippen LogP) is 3.07. The molecule has 0 saturated heterocycles. The first-order valence-corrected chi connectivity index (χ1v) is 7.68. The van der Waals surface area contributed by atoms with Crippen LogP contribution in [0, 0.1) is 11.6 Å². The molecule has 24 heavy (non-hydrogen) atoms. The summed E-state index contributed by atoms with van der Waals surface area (Å²) in [5.41, 5.74) is 1.72. The number of carbonyl (C=O) groups is 1. The monoisotopic (exact) mass is 333 g/mol. The van der Waals surface area contributed by atoms with Crippen molar-refractivity contribution in [1.29, 1.82) is 0 Å². The molecule has 2 amide bonds. The Morgan fingerprint density at radius 2 is 1.79 bits per heavy atom. The van der Waals surface area contributed by atoms with Crippen molar-refractivity contribution >= 4 is 11.7 Å². The van der Waals surface area contributed by atoms with E-state index in [0.29, 0.717) is 29.8 Å². The van der Waals surface area contributed by atoms with Gasteiger partial charge in [-0.2, -0.15) is 0 Å². The largest absolute Gasteiger partial charge is 0.375 e. The Labute approximate surface area is 140 Å². The van der Waals surface area contributed by atoms with E-state index in [1.54, 1.807) is 49.3 Å². The molecule has 2 aromatic rings. The zero-order valence-electron chi connectivity index (χ0n) is 13.8. The first kappa shape index (κ1) is 17.7. The number of hydrogen-bond donors (Lipinski definition) is 2. The fraction of sp³-hybridized carbons (Fsp3) is 0.278. The predicted molar refractivity (Wildman–Crippen MR) is 91.1 cm³/mol. The van der Waals surface area contributed by atoms with Crippen molar-refractivity contribution in [2.24, 2.45) is 0 Å². The first-order valence-electron chi connectivity index (χ1n) is 7.68. The summed E-state index contributed by atoms with van der Waals surface area (Å²) in [6.45, 7) is 0.539. The molecule has 0 aliphatic rings. The van der Waals surface area contributed by atoms with Gasteiger partial charge in [0.05, 0.1) is 5.69 Å². The summed E-state index contributed by atoms with van der Waals surface area (Å²) in [7, 11) is 3.53. The second-order valence-electron chi connectivity index (χ2n) is 5.63. The topological polar surface area (TPSA) is 44.4 Å². The molecule has 6 heteroatoms. The number of amides is 2. The Kier molecular flexibility index (Phi) is 6.12. The lowest BCUT2D eigenvalue weighted by Crippen LogP contribution is -2.36. The lowest BCUT2D eigenvalue weighted by atomic mass is 10.1. The van der Waals surface area contributed by atoms with Crippen LogP contribution in [0.25, 0.3) is 0 Å². The molecule has 0 bridgehead atoms. The van der Waals surface area contributed by atoms with Gasteiger partial charge in [-0.1, -0.05) is 24.3 Å². The minimum atomic E-state index is -0.372. The van der Waals surface area contributed by atoms with Crippen LogP contribution in [-0.4, -0.2) is 26.7 Å². The van der Waals surface area contributed by atoms with Crippen molar-refractivity contribution in [3.05, 3.63) is 65.2 Å². The van der Waals surface area contributed by atoms with Gasteiger partial charge < -0.3 is 15.5 Å². The van der Waals surface area contributed by atoms with Crippen LogP contribution in [0.3, 0.4) is 0 Å². The minimum absolute atomic E-state index is 0.218. The highest BCUT2D eigenvalue weighted by atomic mass is 19.1. The Morgan fingerprint density at radius 1 is 1.04 bits per heavy atom. The normalized spacial score (nSPS) is 10.3. The molecule has 2 aromatic carbocycles. The molecule has 0 spiro atoms. The Bertz CT molecular complexity index is 704. The molecule has 4 nitrogen and oxygen atoms in total. The lowest BCUT2D eigenvalue weighted by molar-refractivity contribution is 0.240. The number of halogens is 2. The van der Waals surface area contributed by atoms with Crippen LogP contribution in [0.1, 0.15) is 11.1 Å². The number of anilines is 1. The van der Waals surface area contributed by atoms with E-state index in [4.69, 9.17) is 0 Å². The van der Waals surface area contributed by atoms with Gasteiger partial charge >= 0.3 is 6.03 Å². The average molecular weight is 333 g/mol. The van der Waals surface area contributed by atoms with Gasteiger partial charge in [-0.15, -0.1) is 0 Å². The number of nitrogens with zero attached hydrogens (tertiary/aromatic N) is 1. The maximum absolute atomic E-state index is 13.8. The van der Waals surface area contributed by atoms with Gasteiger partial charge in [0.25, 0.3) is 0 Å². The lowest BCUT2D eigenvalue weighted by Gasteiger charge is -2.14. The molecular formula is C18H21F2N3O. The van der Waals surface area contributed by atoms with E-state index in [-0.39, 0.29) is 24.2 Å². The van der Waals surface area contributed by atoms with E-state index in [9.17, 15) is 13.6 Å². The van der Waals surface area contributed by atoms with E-state index in [1.807, 2.05) is 0 Å². The number of urea groups is 1. The molecule has 0 fully saturated rings. The van der Waals surface area contributed by atoms with Gasteiger partial charge in [0.2, 0.25) is 0 Å². The Balaban J connectivity index is 1.77.